The van der Waals surface area contributed by atoms with Crippen molar-refractivity contribution in [3.05, 3.63) is 35.1 Å². The summed E-state index contributed by atoms with van der Waals surface area (Å²) in [6.07, 6.45) is 1.04. The largest absolute Gasteiger partial charge is 0.380 e. The summed E-state index contributed by atoms with van der Waals surface area (Å²) in [4.78, 5) is 4.11. The lowest BCUT2D eigenvalue weighted by Crippen LogP contribution is -2.37. The lowest BCUT2D eigenvalue weighted by molar-refractivity contribution is 0.181. The molecule has 0 aliphatic rings. The van der Waals surface area contributed by atoms with Crippen molar-refractivity contribution in [1.29, 1.82) is 0 Å². The molecule has 0 bridgehead atoms. The van der Waals surface area contributed by atoms with Crippen LogP contribution in [-0.4, -0.2) is 26.7 Å². The number of halogens is 2. The van der Waals surface area contributed by atoms with Crippen LogP contribution in [-0.2, 0) is 17.9 Å². The molecule has 0 saturated heterocycles. The van der Waals surface area contributed by atoms with Crippen LogP contribution in [0, 0.1) is 5.82 Å². The molecular weight excluding hydrogens is 372 g/mol. The molecule has 0 aliphatic heterocycles. The van der Waals surface area contributed by atoms with Gasteiger partial charge in [-0.3, -0.25) is 4.99 Å². The number of guanidine groups is 1. The molecule has 1 aromatic carbocycles. The van der Waals surface area contributed by atoms with E-state index in [0.717, 1.165) is 24.5 Å². The van der Waals surface area contributed by atoms with E-state index in [1.807, 2.05) is 0 Å². The second-order valence-corrected chi connectivity index (χ2v) is 4.21. The average Bonchev–Trinajstić information content (AvgIpc) is 2.42. The van der Waals surface area contributed by atoms with Crippen molar-refractivity contribution in [2.75, 3.05) is 20.7 Å². The lowest BCUT2D eigenvalue weighted by Gasteiger charge is -2.12. The summed E-state index contributed by atoms with van der Waals surface area (Å²) in [6, 6.07) is 5.03. The second kappa shape index (κ2) is 10.8. The normalized spacial score (nSPS) is 10.9. The Kier molecular flexibility index (Phi) is 10.4. The third-order valence-electron chi connectivity index (χ3n) is 2.64. The Morgan fingerprint density at radius 1 is 1.35 bits per heavy atom. The van der Waals surface area contributed by atoms with E-state index in [0.29, 0.717) is 12.1 Å². The minimum atomic E-state index is -0.237. The van der Waals surface area contributed by atoms with Gasteiger partial charge >= 0.3 is 0 Å². The maximum absolute atomic E-state index is 13.5. The SMILES string of the molecule is CCCNC(=NC)NCc1ccc(F)c(COC)c1.I. The minimum absolute atomic E-state index is 0. The van der Waals surface area contributed by atoms with Crippen molar-refractivity contribution in [3.8, 4) is 0 Å². The number of hydrogen-bond acceptors (Lipinski definition) is 2. The Hall–Kier alpha value is -0.890. The number of nitrogens with zero attached hydrogens (tertiary/aromatic N) is 1. The maximum atomic E-state index is 13.5. The quantitative estimate of drug-likeness (QED) is 0.442. The Balaban J connectivity index is 0.00000361. The summed E-state index contributed by atoms with van der Waals surface area (Å²) >= 11 is 0. The number of rotatable bonds is 6. The molecule has 0 radical (unpaired) electrons. The third-order valence-corrected chi connectivity index (χ3v) is 2.64. The first kappa shape index (κ1) is 19.1. The molecule has 0 saturated carbocycles. The number of benzene rings is 1. The molecule has 6 heteroatoms. The van der Waals surface area contributed by atoms with E-state index < -0.39 is 0 Å². The molecule has 1 aromatic rings. The van der Waals surface area contributed by atoms with E-state index in [4.69, 9.17) is 4.74 Å². The molecule has 2 N–H and O–H groups in total. The smallest absolute Gasteiger partial charge is 0.191 e. The summed E-state index contributed by atoms with van der Waals surface area (Å²) in [5.41, 5.74) is 1.56. The van der Waals surface area contributed by atoms with E-state index in [9.17, 15) is 4.39 Å². The number of methoxy groups -OCH3 is 1. The first-order chi connectivity index (χ1) is 9.21. The van der Waals surface area contributed by atoms with Gasteiger partial charge in [0.1, 0.15) is 5.82 Å². The first-order valence-electron chi connectivity index (χ1n) is 6.42. The van der Waals surface area contributed by atoms with Gasteiger partial charge < -0.3 is 15.4 Å². The van der Waals surface area contributed by atoms with Gasteiger partial charge in [0, 0.05) is 32.8 Å². The van der Waals surface area contributed by atoms with Gasteiger partial charge in [-0.25, -0.2) is 4.39 Å². The fourth-order valence-corrected chi connectivity index (χ4v) is 1.65. The molecule has 4 nitrogen and oxygen atoms in total. The fraction of sp³-hybridized carbons (Fsp3) is 0.500. The predicted octanol–water partition coefficient (Wildman–Crippen LogP) is 2.67. The minimum Gasteiger partial charge on any atom is -0.380 e. The zero-order valence-electron chi connectivity index (χ0n) is 12.2. The molecule has 1 rings (SSSR count). The lowest BCUT2D eigenvalue weighted by atomic mass is 10.1. The molecule has 20 heavy (non-hydrogen) atoms. The number of nitrogens with one attached hydrogen (secondary N) is 2. The standard InChI is InChI=1S/C14H22FN3O.HI/c1-4-7-17-14(16-2)18-9-11-5-6-13(15)12(8-11)10-19-3;/h5-6,8H,4,7,9-10H2,1-3H3,(H2,16,17,18);1H. The zero-order chi connectivity index (χ0) is 14.1. The monoisotopic (exact) mass is 395 g/mol. The maximum Gasteiger partial charge on any atom is 0.191 e. The van der Waals surface area contributed by atoms with Gasteiger partial charge in [0.2, 0.25) is 0 Å². The van der Waals surface area contributed by atoms with Crippen LogP contribution < -0.4 is 10.6 Å². The van der Waals surface area contributed by atoms with Gasteiger partial charge in [-0.15, -0.1) is 24.0 Å². The number of hydrogen-bond donors (Lipinski definition) is 2. The highest BCUT2D eigenvalue weighted by Crippen LogP contribution is 2.11. The van der Waals surface area contributed by atoms with Crippen LogP contribution in [0.3, 0.4) is 0 Å². The van der Waals surface area contributed by atoms with Crippen LogP contribution in [0.2, 0.25) is 0 Å². The molecule has 114 valence electrons. The van der Waals surface area contributed by atoms with Crippen molar-refractivity contribution in [2.45, 2.75) is 26.5 Å². The topological polar surface area (TPSA) is 45.7 Å². The number of ether oxygens (including phenoxy) is 1. The van der Waals surface area contributed by atoms with Gasteiger partial charge in [-0.1, -0.05) is 13.0 Å². The Bertz CT molecular complexity index is 427. The molecule has 0 amide bonds. The van der Waals surface area contributed by atoms with Crippen LogP contribution in [0.25, 0.3) is 0 Å². The van der Waals surface area contributed by atoms with Crippen LogP contribution in [0.5, 0.6) is 0 Å². The average molecular weight is 395 g/mol. The van der Waals surface area contributed by atoms with E-state index in [2.05, 4.69) is 22.5 Å². The summed E-state index contributed by atoms with van der Waals surface area (Å²) in [5, 5.41) is 6.37. The van der Waals surface area contributed by atoms with Crippen molar-refractivity contribution < 1.29 is 9.13 Å². The fourth-order valence-electron chi connectivity index (χ4n) is 1.65. The third kappa shape index (κ3) is 6.51. The van der Waals surface area contributed by atoms with Crippen molar-refractivity contribution in [3.63, 3.8) is 0 Å². The second-order valence-electron chi connectivity index (χ2n) is 4.21. The van der Waals surface area contributed by atoms with Gasteiger partial charge in [-0.05, 0) is 24.1 Å². The Morgan fingerprint density at radius 2 is 2.10 bits per heavy atom. The zero-order valence-corrected chi connectivity index (χ0v) is 14.5. The highest BCUT2D eigenvalue weighted by molar-refractivity contribution is 14.0. The molecule has 0 heterocycles. The van der Waals surface area contributed by atoms with E-state index >= 15 is 0 Å². The van der Waals surface area contributed by atoms with E-state index in [1.54, 1.807) is 26.3 Å². The van der Waals surface area contributed by atoms with Crippen LogP contribution in [0.4, 0.5) is 4.39 Å². The van der Waals surface area contributed by atoms with Crippen molar-refractivity contribution in [2.24, 2.45) is 4.99 Å². The molecule has 0 atom stereocenters. The molecular formula is C14H23FIN3O. The highest BCUT2D eigenvalue weighted by atomic mass is 127. The van der Waals surface area contributed by atoms with E-state index in [-0.39, 0.29) is 36.4 Å². The van der Waals surface area contributed by atoms with Crippen LogP contribution in [0.1, 0.15) is 24.5 Å². The summed E-state index contributed by atoms with van der Waals surface area (Å²) < 4.78 is 18.4. The summed E-state index contributed by atoms with van der Waals surface area (Å²) in [7, 11) is 3.28. The van der Waals surface area contributed by atoms with E-state index in [1.165, 1.54) is 6.07 Å². The van der Waals surface area contributed by atoms with Gasteiger partial charge in [-0.2, -0.15) is 0 Å². The van der Waals surface area contributed by atoms with Crippen molar-refractivity contribution in [1.82, 2.24) is 10.6 Å². The molecule has 0 fully saturated rings. The molecule has 0 unspecified atom stereocenters. The highest BCUT2D eigenvalue weighted by Gasteiger charge is 2.04. The van der Waals surface area contributed by atoms with Crippen LogP contribution in [0.15, 0.2) is 23.2 Å². The molecule has 0 spiro atoms. The van der Waals surface area contributed by atoms with Gasteiger partial charge in [0.05, 0.1) is 6.61 Å². The van der Waals surface area contributed by atoms with Gasteiger partial charge in [0.25, 0.3) is 0 Å². The first-order valence-corrected chi connectivity index (χ1v) is 6.42. The van der Waals surface area contributed by atoms with Gasteiger partial charge in [0.15, 0.2) is 5.96 Å². The Morgan fingerprint density at radius 3 is 2.70 bits per heavy atom. The van der Waals surface area contributed by atoms with Crippen molar-refractivity contribution >= 4 is 29.9 Å². The summed E-state index contributed by atoms with van der Waals surface area (Å²) in [5.74, 6) is 0.513. The molecule has 0 aliphatic carbocycles. The molecule has 0 aromatic heterocycles. The number of aliphatic imine (C=N–C) groups is 1. The summed E-state index contributed by atoms with van der Waals surface area (Å²) in [6.45, 7) is 3.85. The Labute approximate surface area is 137 Å². The predicted molar refractivity (Wildman–Crippen MR) is 91.0 cm³/mol. The van der Waals surface area contributed by atoms with Crippen LogP contribution >= 0.6 is 24.0 Å².